The van der Waals surface area contributed by atoms with E-state index in [0.29, 0.717) is 27.6 Å². The number of hydrogen-bond donors (Lipinski definition) is 0. The summed E-state index contributed by atoms with van der Waals surface area (Å²) >= 11 is 6.16. The maximum atomic E-state index is 12.5. The molecule has 2 rings (SSSR count). The molecule has 0 saturated heterocycles. The van der Waals surface area contributed by atoms with Crippen LogP contribution in [0.15, 0.2) is 42.0 Å². The summed E-state index contributed by atoms with van der Waals surface area (Å²) in [5.74, 6) is 0.489. The molecule has 24 heavy (non-hydrogen) atoms. The second-order valence-electron chi connectivity index (χ2n) is 5.11. The lowest BCUT2D eigenvalue weighted by molar-refractivity contribution is 0.104. The molecule has 0 aliphatic carbocycles. The highest BCUT2D eigenvalue weighted by atomic mass is 35.5. The van der Waals surface area contributed by atoms with Crippen molar-refractivity contribution in [1.29, 1.82) is 5.26 Å². The molecule has 0 heterocycles. The molecular weight excluding hydrogens is 326 g/mol. The first-order chi connectivity index (χ1) is 11.5. The third-order valence-electron chi connectivity index (χ3n) is 3.41. The van der Waals surface area contributed by atoms with E-state index in [9.17, 15) is 10.1 Å². The van der Waals surface area contributed by atoms with Crippen molar-refractivity contribution in [2.75, 3.05) is 14.2 Å². The number of ketones is 1. The van der Waals surface area contributed by atoms with Crippen molar-refractivity contribution in [2.24, 2.45) is 0 Å². The Balaban J connectivity index is 2.46. The number of rotatable bonds is 5. The lowest BCUT2D eigenvalue weighted by Gasteiger charge is -2.10. The maximum Gasteiger partial charge on any atom is 0.203 e. The Labute approximate surface area is 145 Å². The highest BCUT2D eigenvalue weighted by molar-refractivity contribution is 6.32. The Morgan fingerprint density at radius 3 is 2.54 bits per heavy atom. The summed E-state index contributed by atoms with van der Waals surface area (Å²) in [5.41, 5.74) is 2.01. The summed E-state index contributed by atoms with van der Waals surface area (Å²) in [6, 6.07) is 12.3. The van der Waals surface area contributed by atoms with Crippen LogP contribution in [-0.4, -0.2) is 20.0 Å². The van der Waals surface area contributed by atoms with E-state index in [-0.39, 0.29) is 11.4 Å². The van der Waals surface area contributed by atoms with Crippen LogP contribution in [0.4, 0.5) is 0 Å². The maximum absolute atomic E-state index is 12.5. The monoisotopic (exact) mass is 341 g/mol. The lowest BCUT2D eigenvalue weighted by atomic mass is 10.0. The van der Waals surface area contributed by atoms with Crippen LogP contribution >= 0.6 is 11.6 Å². The van der Waals surface area contributed by atoms with Gasteiger partial charge in [0.25, 0.3) is 0 Å². The fourth-order valence-corrected chi connectivity index (χ4v) is 2.57. The van der Waals surface area contributed by atoms with E-state index >= 15 is 0 Å². The van der Waals surface area contributed by atoms with Crippen LogP contribution in [-0.2, 0) is 0 Å². The standard InChI is InChI=1S/C19H16ClNO3/c1-12-5-4-6-14(7-12)18(22)15(11-21)8-13-9-16(20)19(24-3)17(10-13)23-2/h4-10H,1-3H3/b15-8+. The SMILES string of the molecule is COc1cc(/C=C(\C#N)C(=O)c2cccc(C)c2)cc(Cl)c1OC. The Kier molecular flexibility index (Phi) is 5.62. The minimum absolute atomic E-state index is 0.0175. The normalized spacial score (nSPS) is 10.9. The summed E-state index contributed by atoms with van der Waals surface area (Å²) in [6.07, 6.45) is 1.48. The number of benzene rings is 2. The molecule has 0 amide bonds. The zero-order valence-electron chi connectivity index (χ0n) is 13.6. The molecule has 5 heteroatoms. The minimum atomic E-state index is -0.341. The van der Waals surface area contributed by atoms with Crippen LogP contribution < -0.4 is 9.47 Å². The van der Waals surface area contributed by atoms with Crippen molar-refractivity contribution >= 4 is 23.5 Å². The van der Waals surface area contributed by atoms with Crippen LogP contribution in [0.3, 0.4) is 0 Å². The predicted molar refractivity (Wildman–Crippen MR) is 93.7 cm³/mol. The van der Waals surface area contributed by atoms with Gasteiger partial charge in [-0.1, -0.05) is 35.4 Å². The van der Waals surface area contributed by atoms with Crippen LogP contribution in [0, 0.1) is 18.3 Å². The predicted octanol–water partition coefficient (Wildman–Crippen LogP) is 4.46. The van der Waals surface area contributed by atoms with Gasteiger partial charge in [-0.2, -0.15) is 5.26 Å². The summed E-state index contributed by atoms with van der Waals surface area (Å²) < 4.78 is 10.4. The highest BCUT2D eigenvalue weighted by Crippen LogP contribution is 2.36. The van der Waals surface area contributed by atoms with Gasteiger partial charge in [0.1, 0.15) is 11.6 Å². The summed E-state index contributed by atoms with van der Waals surface area (Å²) in [7, 11) is 2.98. The van der Waals surface area contributed by atoms with E-state index in [0.717, 1.165) is 5.56 Å². The van der Waals surface area contributed by atoms with Gasteiger partial charge in [0.05, 0.1) is 19.2 Å². The number of allylic oxidation sites excluding steroid dienone is 1. The molecule has 0 radical (unpaired) electrons. The molecule has 122 valence electrons. The number of halogens is 1. The first-order valence-electron chi connectivity index (χ1n) is 7.14. The van der Waals surface area contributed by atoms with Gasteiger partial charge in [0.15, 0.2) is 11.5 Å². The highest BCUT2D eigenvalue weighted by Gasteiger charge is 2.14. The van der Waals surface area contributed by atoms with Crippen LogP contribution in [0.25, 0.3) is 6.08 Å². The molecule has 4 nitrogen and oxygen atoms in total. The van der Waals surface area contributed by atoms with Crippen molar-refractivity contribution in [3.05, 3.63) is 63.7 Å². The number of ether oxygens (including phenoxy) is 2. The van der Waals surface area contributed by atoms with Crippen molar-refractivity contribution in [1.82, 2.24) is 0 Å². The van der Waals surface area contributed by atoms with Crippen molar-refractivity contribution in [2.45, 2.75) is 6.92 Å². The van der Waals surface area contributed by atoms with Gasteiger partial charge in [-0.3, -0.25) is 4.79 Å². The number of nitriles is 1. The molecule has 2 aromatic rings. The molecule has 0 bridgehead atoms. The first-order valence-corrected chi connectivity index (χ1v) is 7.52. The number of nitrogens with zero attached hydrogens (tertiary/aromatic N) is 1. The van der Waals surface area contributed by atoms with Crippen molar-refractivity contribution in [3.63, 3.8) is 0 Å². The van der Waals surface area contributed by atoms with E-state index in [1.807, 2.05) is 19.1 Å². The molecule has 0 unspecified atom stereocenters. The van der Waals surface area contributed by atoms with E-state index in [2.05, 4.69) is 0 Å². The van der Waals surface area contributed by atoms with Gasteiger partial charge in [-0.05, 0) is 36.8 Å². The second-order valence-corrected chi connectivity index (χ2v) is 5.51. The third kappa shape index (κ3) is 3.76. The van der Waals surface area contributed by atoms with Crippen LogP contribution in [0.2, 0.25) is 5.02 Å². The number of hydrogen-bond acceptors (Lipinski definition) is 4. The van der Waals surface area contributed by atoms with E-state index in [4.69, 9.17) is 21.1 Å². The Morgan fingerprint density at radius 2 is 1.96 bits per heavy atom. The van der Waals surface area contributed by atoms with Crippen LogP contribution in [0.1, 0.15) is 21.5 Å². The third-order valence-corrected chi connectivity index (χ3v) is 3.69. The number of carbonyl (C=O) groups is 1. The average Bonchev–Trinajstić information content (AvgIpc) is 2.58. The Morgan fingerprint density at radius 1 is 1.21 bits per heavy atom. The number of methoxy groups -OCH3 is 2. The molecule has 2 aromatic carbocycles. The lowest BCUT2D eigenvalue weighted by Crippen LogP contribution is -2.02. The number of aryl methyl sites for hydroxylation is 1. The molecule has 0 aliphatic rings. The van der Waals surface area contributed by atoms with E-state index in [1.165, 1.54) is 20.3 Å². The second kappa shape index (κ2) is 7.67. The number of Topliss-reactive ketones (excluding diaryl/α,β-unsaturated/α-hetero) is 1. The van der Waals surface area contributed by atoms with Gasteiger partial charge in [0, 0.05) is 5.56 Å². The molecule has 0 N–H and O–H groups in total. The molecular formula is C19H16ClNO3. The number of carbonyl (C=O) groups excluding carboxylic acids is 1. The zero-order chi connectivity index (χ0) is 17.7. The average molecular weight is 342 g/mol. The zero-order valence-corrected chi connectivity index (χ0v) is 14.3. The van der Waals surface area contributed by atoms with Crippen LogP contribution in [0.5, 0.6) is 11.5 Å². The molecule has 0 spiro atoms. The quantitative estimate of drug-likeness (QED) is 0.458. The summed E-state index contributed by atoms with van der Waals surface area (Å²) in [4.78, 5) is 12.5. The van der Waals surface area contributed by atoms with Crippen molar-refractivity contribution < 1.29 is 14.3 Å². The van der Waals surface area contributed by atoms with E-state index in [1.54, 1.807) is 30.3 Å². The Hall–Kier alpha value is -2.77. The molecule has 0 saturated carbocycles. The first kappa shape index (κ1) is 17.6. The van der Waals surface area contributed by atoms with Gasteiger partial charge in [-0.15, -0.1) is 0 Å². The van der Waals surface area contributed by atoms with Gasteiger partial charge >= 0.3 is 0 Å². The van der Waals surface area contributed by atoms with Gasteiger partial charge in [0.2, 0.25) is 5.78 Å². The van der Waals surface area contributed by atoms with Crippen molar-refractivity contribution in [3.8, 4) is 17.6 Å². The summed E-state index contributed by atoms with van der Waals surface area (Å²) in [5, 5.41) is 9.69. The minimum Gasteiger partial charge on any atom is -0.493 e. The largest absolute Gasteiger partial charge is 0.493 e. The fourth-order valence-electron chi connectivity index (χ4n) is 2.28. The summed E-state index contributed by atoms with van der Waals surface area (Å²) in [6.45, 7) is 1.89. The molecule has 0 atom stereocenters. The Bertz CT molecular complexity index is 850. The molecule has 0 fully saturated rings. The molecule has 0 aromatic heterocycles. The fraction of sp³-hybridized carbons (Fsp3) is 0.158. The topological polar surface area (TPSA) is 59.3 Å². The van der Waals surface area contributed by atoms with Gasteiger partial charge < -0.3 is 9.47 Å². The smallest absolute Gasteiger partial charge is 0.203 e. The van der Waals surface area contributed by atoms with E-state index < -0.39 is 0 Å². The molecule has 0 aliphatic heterocycles. The van der Waals surface area contributed by atoms with Gasteiger partial charge in [-0.25, -0.2) is 0 Å².